The quantitative estimate of drug-likeness (QED) is 0.621. The summed E-state index contributed by atoms with van der Waals surface area (Å²) in [5.74, 6) is 1.64. The van der Waals surface area contributed by atoms with Crippen LogP contribution in [0.3, 0.4) is 0 Å². The van der Waals surface area contributed by atoms with E-state index in [0.29, 0.717) is 13.2 Å². The van der Waals surface area contributed by atoms with E-state index >= 15 is 0 Å². The van der Waals surface area contributed by atoms with Crippen molar-refractivity contribution in [1.29, 1.82) is 0 Å². The number of nitrogens with one attached hydrogen (secondary N) is 1. The van der Waals surface area contributed by atoms with E-state index in [-0.39, 0.29) is 0 Å². The molecule has 0 saturated heterocycles. The number of hydrogen-bond acceptors (Lipinski definition) is 4. The van der Waals surface area contributed by atoms with Crippen LogP contribution in [0.15, 0.2) is 36.4 Å². The van der Waals surface area contributed by atoms with Gasteiger partial charge in [0, 0.05) is 66.6 Å². The minimum absolute atomic E-state index is 0.607. The number of nitrogens with zero attached hydrogens (tertiary/aromatic N) is 2. The number of hydrogen-bond donors (Lipinski definition) is 1. The fourth-order valence-corrected chi connectivity index (χ4v) is 5.72. The van der Waals surface area contributed by atoms with Gasteiger partial charge in [-0.1, -0.05) is 19.3 Å². The molecule has 0 amide bonds. The number of benzene rings is 2. The number of fused-ring (bicyclic) bond motifs is 4. The van der Waals surface area contributed by atoms with Gasteiger partial charge in [0.2, 0.25) is 0 Å². The summed E-state index contributed by atoms with van der Waals surface area (Å²) < 4.78 is 13.8. The van der Waals surface area contributed by atoms with Crippen LogP contribution in [0.4, 0.5) is 11.4 Å². The first kappa shape index (κ1) is 19.1. The van der Waals surface area contributed by atoms with Crippen LogP contribution in [0.25, 0.3) is 10.9 Å². The maximum Gasteiger partial charge on any atom is 0.163 e. The van der Waals surface area contributed by atoms with E-state index in [9.17, 15) is 0 Å². The summed E-state index contributed by atoms with van der Waals surface area (Å²) in [6, 6.07) is 13.6. The highest BCUT2D eigenvalue weighted by atomic mass is 16.6. The first-order valence-corrected chi connectivity index (χ1v) is 11.8. The highest BCUT2D eigenvalue weighted by Crippen LogP contribution is 2.37. The van der Waals surface area contributed by atoms with E-state index in [1.54, 1.807) is 0 Å². The molecule has 3 aliphatic rings. The molecule has 2 aliphatic heterocycles. The van der Waals surface area contributed by atoms with Gasteiger partial charge in [-0.05, 0) is 48.7 Å². The zero-order valence-electron chi connectivity index (χ0n) is 18.3. The molecule has 5 heteroatoms. The zero-order valence-corrected chi connectivity index (χ0v) is 18.3. The molecule has 1 N–H and O–H groups in total. The van der Waals surface area contributed by atoms with Gasteiger partial charge in [0.15, 0.2) is 11.5 Å². The molecule has 162 valence electrons. The smallest absolute Gasteiger partial charge is 0.163 e. The monoisotopic (exact) mass is 417 g/mol. The largest absolute Gasteiger partial charge is 0.486 e. The van der Waals surface area contributed by atoms with Crippen LogP contribution in [0.2, 0.25) is 0 Å². The van der Waals surface area contributed by atoms with Gasteiger partial charge in [-0.3, -0.25) is 4.90 Å². The molecule has 1 aliphatic carbocycles. The van der Waals surface area contributed by atoms with Crippen molar-refractivity contribution in [2.75, 3.05) is 25.1 Å². The summed E-state index contributed by atoms with van der Waals surface area (Å²) in [6.07, 6.45) is 8.11. The molecule has 2 aromatic carbocycles. The second kappa shape index (κ2) is 7.79. The van der Waals surface area contributed by atoms with Gasteiger partial charge in [0.1, 0.15) is 13.2 Å². The summed E-state index contributed by atoms with van der Waals surface area (Å²) in [4.78, 5) is 2.75. The normalized spacial score (nSPS) is 19.4. The molecule has 1 aromatic heterocycles. The summed E-state index contributed by atoms with van der Waals surface area (Å²) in [5.41, 5.74) is 6.52. The van der Waals surface area contributed by atoms with E-state index < -0.39 is 0 Å². The maximum absolute atomic E-state index is 5.75. The summed E-state index contributed by atoms with van der Waals surface area (Å²) in [7, 11) is 2.23. The molecular weight excluding hydrogens is 386 g/mol. The number of ether oxygens (including phenoxy) is 2. The van der Waals surface area contributed by atoms with Crippen molar-refractivity contribution >= 4 is 22.3 Å². The van der Waals surface area contributed by atoms with Gasteiger partial charge < -0.3 is 19.4 Å². The highest BCUT2D eigenvalue weighted by Gasteiger charge is 2.28. The number of anilines is 2. The van der Waals surface area contributed by atoms with Crippen molar-refractivity contribution in [2.24, 2.45) is 7.05 Å². The second-order valence-electron chi connectivity index (χ2n) is 9.21. The van der Waals surface area contributed by atoms with Crippen LogP contribution in [-0.4, -0.2) is 35.3 Å². The van der Waals surface area contributed by atoms with Gasteiger partial charge in [0.05, 0.1) is 0 Å². The third-order valence-corrected chi connectivity index (χ3v) is 7.36. The molecule has 3 heterocycles. The zero-order chi connectivity index (χ0) is 20.8. The third kappa shape index (κ3) is 3.45. The maximum atomic E-state index is 5.75. The van der Waals surface area contributed by atoms with Crippen molar-refractivity contribution in [1.82, 2.24) is 9.47 Å². The Labute approximate surface area is 183 Å². The van der Waals surface area contributed by atoms with Crippen LogP contribution >= 0.6 is 0 Å². The van der Waals surface area contributed by atoms with E-state index in [0.717, 1.165) is 41.9 Å². The molecule has 5 nitrogen and oxygen atoms in total. The Morgan fingerprint density at radius 3 is 2.55 bits per heavy atom. The molecule has 3 aromatic rings. The average Bonchev–Trinajstić information content (AvgIpc) is 3.10. The lowest BCUT2D eigenvalue weighted by Crippen LogP contribution is -2.40. The van der Waals surface area contributed by atoms with E-state index in [1.165, 1.54) is 60.8 Å². The van der Waals surface area contributed by atoms with Crippen LogP contribution in [-0.2, 0) is 20.0 Å². The molecule has 0 atom stereocenters. The predicted molar refractivity (Wildman–Crippen MR) is 125 cm³/mol. The number of rotatable bonds is 3. The van der Waals surface area contributed by atoms with E-state index in [1.807, 2.05) is 12.1 Å². The van der Waals surface area contributed by atoms with Gasteiger partial charge in [-0.15, -0.1) is 0 Å². The van der Waals surface area contributed by atoms with Crippen molar-refractivity contribution in [3.63, 3.8) is 0 Å². The topological polar surface area (TPSA) is 38.7 Å². The van der Waals surface area contributed by atoms with Gasteiger partial charge in [-0.25, -0.2) is 0 Å². The Balaban J connectivity index is 1.30. The Morgan fingerprint density at radius 2 is 1.68 bits per heavy atom. The number of aryl methyl sites for hydroxylation is 1. The Hall–Kier alpha value is -2.66. The minimum Gasteiger partial charge on any atom is -0.486 e. The Morgan fingerprint density at radius 1 is 0.903 bits per heavy atom. The Bertz CT molecular complexity index is 1110. The predicted octanol–water partition coefficient (Wildman–Crippen LogP) is 5.38. The van der Waals surface area contributed by atoms with Gasteiger partial charge in [-0.2, -0.15) is 0 Å². The number of aromatic nitrogens is 1. The average molecular weight is 418 g/mol. The van der Waals surface area contributed by atoms with Crippen molar-refractivity contribution in [2.45, 2.75) is 51.1 Å². The fourth-order valence-electron chi connectivity index (χ4n) is 5.72. The summed E-state index contributed by atoms with van der Waals surface area (Å²) >= 11 is 0. The van der Waals surface area contributed by atoms with Crippen LogP contribution in [0.5, 0.6) is 11.5 Å². The second-order valence-corrected chi connectivity index (χ2v) is 9.21. The Kier molecular flexibility index (Phi) is 4.79. The van der Waals surface area contributed by atoms with Gasteiger partial charge >= 0.3 is 0 Å². The SMILES string of the molecule is Cn1c2c(c3cc(Nc4ccc5c(c4)OCCO5)ccc31)CN(C1CCCCC1)CC2. The molecule has 1 fully saturated rings. The third-order valence-electron chi connectivity index (χ3n) is 7.36. The first-order valence-electron chi connectivity index (χ1n) is 11.8. The van der Waals surface area contributed by atoms with Crippen molar-refractivity contribution in [3.8, 4) is 11.5 Å². The lowest BCUT2D eigenvalue weighted by Gasteiger charge is -2.37. The van der Waals surface area contributed by atoms with Crippen molar-refractivity contribution in [3.05, 3.63) is 47.7 Å². The van der Waals surface area contributed by atoms with Crippen LogP contribution < -0.4 is 14.8 Å². The highest BCUT2D eigenvalue weighted by molar-refractivity contribution is 5.89. The molecule has 1 saturated carbocycles. The van der Waals surface area contributed by atoms with Crippen molar-refractivity contribution < 1.29 is 9.47 Å². The molecule has 0 radical (unpaired) electrons. The van der Waals surface area contributed by atoms with E-state index in [4.69, 9.17) is 9.47 Å². The van der Waals surface area contributed by atoms with Crippen LogP contribution in [0.1, 0.15) is 43.4 Å². The standard InChI is InChI=1S/C26H31N3O2/c1-28-23-9-7-18(27-19-8-10-25-26(16-19)31-14-13-30-25)15-21(23)22-17-29(12-11-24(22)28)20-5-3-2-4-6-20/h7-10,15-16,20,27H,2-6,11-14,17H2,1H3. The molecule has 0 unspecified atom stereocenters. The van der Waals surface area contributed by atoms with Crippen LogP contribution in [0, 0.1) is 0 Å². The fraction of sp³-hybridized carbons (Fsp3) is 0.462. The summed E-state index contributed by atoms with van der Waals surface area (Å²) in [5, 5.41) is 4.97. The lowest BCUT2D eigenvalue weighted by atomic mass is 9.92. The van der Waals surface area contributed by atoms with Gasteiger partial charge in [0.25, 0.3) is 0 Å². The lowest BCUT2D eigenvalue weighted by molar-refractivity contribution is 0.141. The molecular formula is C26H31N3O2. The first-order chi connectivity index (χ1) is 15.3. The molecule has 0 bridgehead atoms. The molecule has 0 spiro atoms. The molecule has 6 rings (SSSR count). The summed E-state index contributed by atoms with van der Waals surface area (Å²) in [6.45, 7) is 3.51. The minimum atomic E-state index is 0.607. The van der Waals surface area contributed by atoms with E-state index in [2.05, 4.69) is 46.1 Å². The molecule has 31 heavy (non-hydrogen) atoms.